The lowest BCUT2D eigenvalue weighted by molar-refractivity contribution is -0.115. The van der Waals surface area contributed by atoms with Crippen molar-refractivity contribution in [3.63, 3.8) is 0 Å². The first-order chi connectivity index (χ1) is 16.2. The first-order valence-electron chi connectivity index (χ1n) is 10.1. The van der Waals surface area contributed by atoms with Crippen LogP contribution in [-0.2, 0) is 11.4 Å². The molecule has 4 nitrogen and oxygen atoms in total. The summed E-state index contributed by atoms with van der Waals surface area (Å²) in [6, 6.07) is 14.0. The average Bonchev–Trinajstić information content (AvgIpc) is 3.11. The van der Waals surface area contributed by atoms with E-state index in [1.165, 1.54) is 23.9 Å². The van der Waals surface area contributed by atoms with Gasteiger partial charge in [0, 0.05) is 4.47 Å². The summed E-state index contributed by atoms with van der Waals surface area (Å²) in [6.07, 6.45) is 1.83. The van der Waals surface area contributed by atoms with Crippen molar-refractivity contribution in [3.05, 3.63) is 94.0 Å². The molecule has 1 heterocycles. The van der Waals surface area contributed by atoms with Gasteiger partial charge in [0.25, 0.3) is 5.91 Å². The van der Waals surface area contributed by atoms with Crippen LogP contribution in [-0.4, -0.2) is 11.1 Å². The maximum atomic E-state index is 13.1. The Morgan fingerprint density at radius 2 is 1.79 bits per heavy atom. The Bertz CT molecular complexity index is 1300. The minimum absolute atomic E-state index is 0.183. The summed E-state index contributed by atoms with van der Waals surface area (Å²) in [5.74, 6) is 0.233. The number of halogens is 4. The van der Waals surface area contributed by atoms with E-state index in [0.717, 1.165) is 40.5 Å². The van der Waals surface area contributed by atoms with E-state index < -0.39 is 0 Å². The van der Waals surface area contributed by atoms with Crippen LogP contribution in [0, 0.1) is 23.2 Å². The standard InChI is InChI=1S/C25H18Br2FIN2O2S/c1-13-7-18(8-14(2)22(13)27)30-25-31-24(32)21(34-25)11-16-9-19(26)23(20(29)10-16)33-12-15-3-5-17(28)6-4-15/h3-11H,12H2,1-2H3,(H,30,31,32)/b21-11-. The van der Waals surface area contributed by atoms with Gasteiger partial charge in [0.1, 0.15) is 18.2 Å². The number of amidine groups is 1. The molecule has 0 atom stereocenters. The van der Waals surface area contributed by atoms with E-state index in [-0.39, 0.29) is 11.7 Å². The lowest BCUT2D eigenvalue weighted by atomic mass is 10.1. The van der Waals surface area contributed by atoms with Gasteiger partial charge in [-0.05, 0) is 129 Å². The molecule has 0 aromatic heterocycles. The number of ether oxygens (including phenoxy) is 1. The van der Waals surface area contributed by atoms with Gasteiger partial charge in [-0.2, -0.15) is 0 Å². The number of thioether (sulfide) groups is 1. The van der Waals surface area contributed by atoms with E-state index in [2.05, 4.69) is 64.8 Å². The molecule has 3 aromatic rings. The molecule has 1 aliphatic heterocycles. The lowest BCUT2D eigenvalue weighted by Gasteiger charge is -2.11. The number of nitrogens with one attached hydrogen (secondary N) is 1. The largest absolute Gasteiger partial charge is 0.487 e. The molecule has 34 heavy (non-hydrogen) atoms. The van der Waals surface area contributed by atoms with Gasteiger partial charge in [0.2, 0.25) is 0 Å². The fourth-order valence-corrected chi connectivity index (χ4v) is 6.11. The highest BCUT2D eigenvalue weighted by Gasteiger charge is 2.24. The summed E-state index contributed by atoms with van der Waals surface area (Å²) in [6.45, 7) is 4.35. The SMILES string of the molecule is Cc1cc(N=C2NC(=O)/C(=C/c3cc(Br)c(OCc4ccc(F)cc4)c(I)c3)S2)cc(C)c1Br. The van der Waals surface area contributed by atoms with Crippen molar-refractivity contribution in [3.8, 4) is 5.75 Å². The van der Waals surface area contributed by atoms with E-state index in [1.54, 1.807) is 12.1 Å². The molecule has 1 amide bonds. The van der Waals surface area contributed by atoms with Gasteiger partial charge in [-0.25, -0.2) is 9.38 Å². The maximum absolute atomic E-state index is 13.1. The van der Waals surface area contributed by atoms with Gasteiger partial charge in [0.15, 0.2) is 5.17 Å². The summed E-state index contributed by atoms with van der Waals surface area (Å²) in [5.41, 5.74) is 4.70. The summed E-state index contributed by atoms with van der Waals surface area (Å²) < 4.78 is 21.8. The molecule has 0 spiro atoms. The third-order valence-electron chi connectivity index (χ3n) is 4.92. The number of benzene rings is 3. The smallest absolute Gasteiger partial charge is 0.264 e. The highest BCUT2D eigenvalue weighted by molar-refractivity contribution is 14.1. The summed E-state index contributed by atoms with van der Waals surface area (Å²) in [4.78, 5) is 17.7. The number of carbonyl (C=O) groups excluding carboxylic acids is 1. The molecule has 3 aromatic carbocycles. The Morgan fingerprint density at radius 1 is 1.12 bits per heavy atom. The molecule has 0 unspecified atom stereocenters. The normalized spacial score (nSPS) is 15.8. The topological polar surface area (TPSA) is 50.7 Å². The van der Waals surface area contributed by atoms with Gasteiger partial charge in [0.05, 0.1) is 18.6 Å². The fourth-order valence-electron chi connectivity index (χ4n) is 3.27. The second-order valence-electron chi connectivity index (χ2n) is 7.60. The molecule has 0 radical (unpaired) electrons. The van der Waals surface area contributed by atoms with Crippen LogP contribution < -0.4 is 10.1 Å². The summed E-state index contributed by atoms with van der Waals surface area (Å²) in [7, 11) is 0. The van der Waals surface area contributed by atoms with Crippen LogP contribution in [0.15, 0.2) is 67.4 Å². The van der Waals surface area contributed by atoms with Crippen molar-refractivity contribution >= 4 is 89.1 Å². The third-order valence-corrected chi connectivity index (χ3v) is 8.47. The number of rotatable bonds is 5. The van der Waals surface area contributed by atoms with Crippen molar-refractivity contribution in [1.82, 2.24) is 5.32 Å². The van der Waals surface area contributed by atoms with E-state index in [4.69, 9.17) is 4.74 Å². The van der Waals surface area contributed by atoms with Crippen molar-refractivity contribution in [1.29, 1.82) is 0 Å². The molecule has 1 N–H and O–H groups in total. The highest BCUT2D eigenvalue weighted by Crippen LogP contribution is 2.35. The Balaban J connectivity index is 1.51. The van der Waals surface area contributed by atoms with Gasteiger partial charge in [-0.3, -0.25) is 4.79 Å². The predicted octanol–water partition coefficient (Wildman–Crippen LogP) is 8.04. The number of aliphatic imine (C=N–C) groups is 1. The molecule has 174 valence electrons. The zero-order chi connectivity index (χ0) is 24.4. The van der Waals surface area contributed by atoms with Crippen LogP contribution in [0.5, 0.6) is 5.75 Å². The Hall–Kier alpha value is -1.69. The van der Waals surface area contributed by atoms with Crippen LogP contribution in [0.3, 0.4) is 0 Å². The minimum atomic E-state index is -0.277. The van der Waals surface area contributed by atoms with Crippen molar-refractivity contribution in [2.24, 2.45) is 4.99 Å². The predicted molar refractivity (Wildman–Crippen MR) is 152 cm³/mol. The monoisotopic (exact) mass is 714 g/mol. The van der Waals surface area contributed by atoms with Crippen LogP contribution in [0.4, 0.5) is 10.1 Å². The number of hydrogen-bond acceptors (Lipinski definition) is 4. The van der Waals surface area contributed by atoms with Crippen molar-refractivity contribution in [2.75, 3.05) is 0 Å². The quantitative estimate of drug-likeness (QED) is 0.215. The Labute approximate surface area is 231 Å². The van der Waals surface area contributed by atoms with Crippen molar-refractivity contribution in [2.45, 2.75) is 20.5 Å². The van der Waals surface area contributed by atoms with Crippen LogP contribution in [0.2, 0.25) is 0 Å². The molecule has 1 aliphatic rings. The second-order valence-corrected chi connectivity index (χ2v) is 11.4. The first kappa shape index (κ1) is 25.4. The van der Waals surface area contributed by atoms with Crippen molar-refractivity contribution < 1.29 is 13.9 Å². The van der Waals surface area contributed by atoms with Crippen LogP contribution in [0.25, 0.3) is 6.08 Å². The molecule has 0 aliphatic carbocycles. The molecular weight excluding hydrogens is 698 g/mol. The first-order valence-corrected chi connectivity index (χ1v) is 13.6. The number of amides is 1. The molecule has 9 heteroatoms. The molecule has 0 bridgehead atoms. The van der Waals surface area contributed by atoms with Gasteiger partial charge < -0.3 is 10.1 Å². The van der Waals surface area contributed by atoms with Crippen LogP contribution >= 0.6 is 66.2 Å². The van der Waals surface area contributed by atoms with E-state index in [9.17, 15) is 9.18 Å². The van der Waals surface area contributed by atoms with Gasteiger partial charge in [-0.15, -0.1) is 0 Å². The molecule has 0 saturated carbocycles. The zero-order valence-electron chi connectivity index (χ0n) is 18.1. The average molecular weight is 716 g/mol. The van der Waals surface area contributed by atoms with E-state index in [1.807, 2.05) is 44.2 Å². The summed E-state index contributed by atoms with van der Waals surface area (Å²) in [5, 5.41) is 3.38. The molecular formula is C25H18Br2FIN2O2S. The van der Waals surface area contributed by atoms with Crippen LogP contribution in [0.1, 0.15) is 22.3 Å². The fraction of sp³-hybridized carbons (Fsp3) is 0.120. The minimum Gasteiger partial charge on any atom is -0.487 e. The Morgan fingerprint density at radius 3 is 2.44 bits per heavy atom. The second kappa shape index (κ2) is 10.9. The highest BCUT2D eigenvalue weighted by atomic mass is 127. The van der Waals surface area contributed by atoms with E-state index >= 15 is 0 Å². The molecule has 1 saturated heterocycles. The Kier molecular flexibility index (Phi) is 8.16. The number of aryl methyl sites for hydroxylation is 2. The number of hydrogen-bond donors (Lipinski definition) is 1. The molecule has 4 rings (SSSR count). The van der Waals surface area contributed by atoms with Gasteiger partial charge >= 0.3 is 0 Å². The molecule has 1 fully saturated rings. The van der Waals surface area contributed by atoms with Gasteiger partial charge in [-0.1, -0.05) is 28.1 Å². The summed E-state index contributed by atoms with van der Waals surface area (Å²) >= 11 is 10.6. The zero-order valence-corrected chi connectivity index (χ0v) is 24.2. The maximum Gasteiger partial charge on any atom is 0.264 e. The van der Waals surface area contributed by atoms with E-state index in [0.29, 0.717) is 22.4 Å². The number of nitrogens with zero attached hydrogens (tertiary/aromatic N) is 1. The third kappa shape index (κ3) is 6.10. The lowest BCUT2D eigenvalue weighted by Crippen LogP contribution is -2.19. The number of carbonyl (C=O) groups is 1.